The minimum Gasteiger partial charge on any atom is -0.476 e. The SMILES string of the molecule is N#CC1=C(C(=O)O)N2C(=O)[C@@H](NC(=O)CSc3ccccc3)CN2C1. The molecule has 1 aromatic rings. The predicted molar refractivity (Wildman–Crippen MR) is 87.8 cm³/mol. The van der Waals surface area contributed by atoms with Crippen LogP contribution in [0.4, 0.5) is 0 Å². The molecule has 0 bridgehead atoms. The summed E-state index contributed by atoms with van der Waals surface area (Å²) in [7, 11) is 0. The third kappa shape index (κ3) is 3.35. The van der Waals surface area contributed by atoms with E-state index in [9.17, 15) is 19.5 Å². The molecule has 0 aromatic heterocycles. The normalized spacial score (nSPS) is 19.7. The van der Waals surface area contributed by atoms with Crippen molar-refractivity contribution in [2.75, 3.05) is 18.8 Å². The quantitative estimate of drug-likeness (QED) is 0.723. The second-order valence-electron chi connectivity index (χ2n) is 5.46. The number of hydrazine groups is 1. The highest BCUT2D eigenvalue weighted by atomic mass is 32.2. The van der Waals surface area contributed by atoms with Crippen LogP contribution in [0.1, 0.15) is 0 Å². The molecule has 1 fully saturated rings. The lowest BCUT2D eigenvalue weighted by atomic mass is 10.2. The second kappa shape index (κ2) is 6.96. The van der Waals surface area contributed by atoms with Crippen LogP contribution < -0.4 is 5.32 Å². The molecule has 0 spiro atoms. The van der Waals surface area contributed by atoms with Gasteiger partial charge >= 0.3 is 5.97 Å². The van der Waals surface area contributed by atoms with Gasteiger partial charge in [-0.1, -0.05) is 18.2 Å². The van der Waals surface area contributed by atoms with Gasteiger partial charge in [0.1, 0.15) is 6.04 Å². The fourth-order valence-corrected chi connectivity index (χ4v) is 3.48. The smallest absolute Gasteiger partial charge is 0.355 e. The highest BCUT2D eigenvalue weighted by Crippen LogP contribution is 2.29. The Morgan fingerprint density at radius 3 is 2.72 bits per heavy atom. The van der Waals surface area contributed by atoms with E-state index in [2.05, 4.69) is 5.32 Å². The summed E-state index contributed by atoms with van der Waals surface area (Å²) >= 11 is 1.35. The maximum atomic E-state index is 12.4. The summed E-state index contributed by atoms with van der Waals surface area (Å²) in [6.45, 7) is 0.192. The van der Waals surface area contributed by atoms with Crippen molar-refractivity contribution in [3.63, 3.8) is 0 Å². The molecule has 1 atom stereocenters. The first-order valence-electron chi connectivity index (χ1n) is 7.44. The van der Waals surface area contributed by atoms with Crippen LogP contribution in [0.2, 0.25) is 0 Å². The van der Waals surface area contributed by atoms with Crippen LogP contribution in [-0.4, -0.2) is 57.8 Å². The molecule has 3 rings (SSSR count). The van der Waals surface area contributed by atoms with Crippen LogP contribution in [0, 0.1) is 11.3 Å². The zero-order valence-corrected chi connectivity index (χ0v) is 13.8. The van der Waals surface area contributed by atoms with Crippen LogP contribution in [0.15, 0.2) is 46.5 Å². The number of fused-ring (bicyclic) bond motifs is 1. The average molecular weight is 358 g/mol. The first-order chi connectivity index (χ1) is 12.0. The van der Waals surface area contributed by atoms with Crippen molar-refractivity contribution in [1.82, 2.24) is 15.3 Å². The molecule has 2 amide bonds. The Morgan fingerprint density at radius 1 is 1.36 bits per heavy atom. The Kier molecular flexibility index (Phi) is 4.74. The fourth-order valence-electron chi connectivity index (χ4n) is 2.75. The van der Waals surface area contributed by atoms with E-state index in [4.69, 9.17) is 5.26 Å². The molecule has 1 saturated heterocycles. The molecular formula is C16H14N4O4S. The van der Waals surface area contributed by atoms with Crippen molar-refractivity contribution in [1.29, 1.82) is 5.26 Å². The summed E-state index contributed by atoms with van der Waals surface area (Å²) in [4.78, 5) is 36.8. The van der Waals surface area contributed by atoms with E-state index in [-0.39, 0.29) is 36.0 Å². The van der Waals surface area contributed by atoms with E-state index in [0.29, 0.717) is 0 Å². The first kappa shape index (κ1) is 17.0. The highest BCUT2D eigenvalue weighted by Gasteiger charge is 2.48. The lowest BCUT2D eigenvalue weighted by molar-refractivity contribution is -0.143. The second-order valence-corrected chi connectivity index (χ2v) is 6.51. The molecule has 1 aromatic carbocycles. The topological polar surface area (TPSA) is 114 Å². The van der Waals surface area contributed by atoms with Gasteiger partial charge in [0, 0.05) is 11.4 Å². The van der Waals surface area contributed by atoms with E-state index in [0.717, 1.165) is 9.90 Å². The van der Waals surface area contributed by atoms with Crippen LogP contribution >= 0.6 is 11.8 Å². The van der Waals surface area contributed by atoms with Crippen LogP contribution in [0.25, 0.3) is 0 Å². The van der Waals surface area contributed by atoms with Gasteiger partial charge < -0.3 is 10.4 Å². The van der Waals surface area contributed by atoms with Crippen LogP contribution in [0.5, 0.6) is 0 Å². The molecule has 0 radical (unpaired) electrons. The Balaban J connectivity index is 1.62. The Labute approximate surface area is 147 Å². The first-order valence-corrected chi connectivity index (χ1v) is 8.42. The summed E-state index contributed by atoms with van der Waals surface area (Å²) in [6.07, 6.45) is 0. The monoisotopic (exact) mass is 358 g/mol. The third-order valence-corrected chi connectivity index (χ3v) is 4.82. The van der Waals surface area contributed by atoms with Gasteiger partial charge in [-0.15, -0.1) is 11.8 Å². The van der Waals surface area contributed by atoms with E-state index in [1.807, 2.05) is 36.4 Å². The van der Waals surface area contributed by atoms with Gasteiger partial charge in [-0.25, -0.2) is 14.8 Å². The highest BCUT2D eigenvalue weighted by molar-refractivity contribution is 8.00. The van der Waals surface area contributed by atoms with Crippen LogP contribution in [0.3, 0.4) is 0 Å². The third-order valence-electron chi connectivity index (χ3n) is 3.81. The van der Waals surface area contributed by atoms with Gasteiger partial charge in [-0.3, -0.25) is 9.59 Å². The minimum absolute atomic E-state index is 0.0326. The van der Waals surface area contributed by atoms with Crippen molar-refractivity contribution in [3.05, 3.63) is 41.6 Å². The molecule has 0 unspecified atom stereocenters. The number of aliphatic carboxylic acids is 1. The van der Waals surface area contributed by atoms with Crippen LogP contribution in [-0.2, 0) is 14.4 Å². The van der Waals surface area contributed by atoms with E-state index >= 15 is 0 Å². The van der Waals surface area contributed by atoms with Crippen molar-refractivity contribution in [2.45, 2.75) is 10.9 Å². The average Bonchev–Trinajstić information content (AvgIpc) is 3.11. The standard InChI is InChI=1S/C16H14N4O4S/c17-6-10-7-19-8-12(15(22)20(19)14(10)16(23)24)18-13(21)9-25-11-4-2-1-3-5-11/h1-5,12H,7-9H2,(H,18,21)(H,23,24)/t12-/m0/s1. The van der Waals surface area contributed by atoms with E-state index < -0.39 is 17.9 Å². The molecule has 9 heteroatoms. The predicted octanol–water partition coefficient (Wildman–Crippen LogP) is 0.199. The lowest BCUT2D eigenvalue weighted by Crippen LogP contribution is -2.43. The molecule has 25 heavy (non-hydrogen) atoms. The number of hydrogen-bond acceptors (Lipinski definition) is 6. The van der Waals surface area contributed by atoms with Gasteiger partial charge in [0.05, 0.1) is 23.9 Å². The molecule has 2 N–H and O–H groups in total. The molecule has 8 nitrogen and oxygen atoms in total. The molecule has 2 aliphatic heterocycles. The zero-order chi connectivity index (χ0) is 18.0. The van der Waals surface area contributed by atoms with Gasteiger partial charge in [0.25, 0.3) is 5.91 Å². The van der Waals surface area contributed by atoms with Gasteiger partial charge in [-0.2, -0.15) is 5.26 Å². The molecular weight excluding hydrogens is 344 g/mol. The number of benzene rings is 1. The number of rotatable bonds is 5. The number of nitriles is 1. The summed E-state index contributed by atoms with van der Waals surface area (Å²) in [5.74, 6) is -2.03. The summed E-state index contributed by atoms with van der Waals surface area (Å²) in [6, 6.07) is 10.4. The largest absolute Gasteiger partial charge is 0.476 e. The number of carbonyl (C=O) groups is 3. The van der Waals surface area contributed by atoms with E-state index in [1.54, 1.807) is 0 Å². The van der Waals surface area contributed by atoms with Crippen molar-refractivity contribution < 1.29 is 19.5 Å². The van der Waals surface area contributed by atoms with Gasteiger partial charge in [0.2, 0.25) is 5.91 Å². The lowest BCUT2D eigenvalue weighted by Gasteiger charge is -2.18. The number of thioether (sulfide) groups is 1. The molecule has 0 aliphatic carbocycles. The van der Waals surface area contributed by atoms with Crippen molar-refractivity contribution in [2.24, 2.45) is 0 Å². The van der Waals surface area contributed by atoms with Crippen molar-refractivity contribution >= 4 is 29.5 Å². The number of carboxylic acids is 1. The van der Waals surface area contributed by atoms with E-state index in [1.165, 1.54) is 16.8 Å². The maximum Gasteiger partial charge on any atom is 0.355 e. The van der Waals surface area contributed by atoms with Gasteiger partial charge in [0.15, 0.2) is 5.70 Å². The minimum atomic E-state index is -1.33. The molecule has 0 saturated carbocycles. The Hall–Kier alpha value is -2.83. The molecule has 128 valence electrons. The number of nitrogens with one attached hydrogen (secondary N) is 1. The Bertz CT molecular complexity index is 802. The number of amides is 2. The Morgan fingerprint density at radius 2 is 2.08 bits per heavy atom. The summed E-state index contributed by atoms with van der Waals surface area (Å²) < 4.78 is 0. The van der Waals surface area contributed by atoms with Crippen molar-refractivity contribution in [3.8, 4) is 6.07 Å². The number of carboxylic acid groups (broad SMARTS) is 1. The summed E-state index contributed by atoms with van der Waals surface area (Å²) in [5, 5.41) is 23.3. The number of nitrogens with zero attached hydrogens (tertiary/aromatic N) is 3. The maximum absolute atomic E-state index is 12.4. The number of carbonyl (C=O) groups excluding carboxylic acids is 2. The molecule has 2 heterocycles. The van der Waals surface area contributed by atoms with Gasteiger partial charge in [-0.05, 0) is 12.1 Å². The fraction of sp³-hybridized carbons (Fsp3) is 0.250. The molecule has 2 aliphatic rings. The number of hydrogen-bond donors (Lipinski definition) is 2. The zero-order valence-electron chi connectivity index (χ0n) is 13.0. The summed E-state index contributed by atoms with van der Waals surface area (Å²) in [5.41, 5.74) is -0.298.